The Labute approximate surface area is 127 Å². The lowest BCUT2D eigenvalue weighted by Gasteiger charge is -2.37. The average Bonchev–Trinajstić information content (AvgIpc) is 3.33. The summed E-state index contributed by atoms with van der Waals surface area (Å²) in [7, 11) is 0. The first-order valence-electron chi connectivity index (χ1n) is 8.44. The van der Waals surface area contributed by atoms with Crippen LogP contribution >= 0.6 is 0 Å². The smallest absolute Gasteiger partial charge is 0.255 e. The first-order chi connectivity index (χ1) is 10.2. The van der Waals surface area contributed by atoms with Crippen LogP contribution in [0.15, 0.2) is 18.3 Å². The van der Waals surface area contributed by atoms with Crippen molar-refractivity contribution in [3.63, 3.8) is 0 Å². The highest BCUT2D eigenvalue weighted by Gasteiger charge is 2.39. The highest BCUT2D eigenvalue weighted by atomic mass is 16.2. The van der Waals surface area contributed by atoms with Crippen molar-refractivity contribution in [2.24, 2.45) is 5.92 Å². The SMILES string of the molecule is CCC1CCC(N(C(=O)c2ccc(C)nc2)C2CC2)CC1. The second-order valence-electron chi connectivity index (χ2n) is 6.71. The lowest BCUT2D eigenvalue weighted by Crippen LogP contribution is -2.43. The first kappa shape index (κ1) is 14.6. The molecule has 0 aromatic carbocycles. The van der Waals surface area contributed by atoms with Gasteiger partial charge in [0.1, 0.15) is 0 Å². The molecule has 1 aromatic heterocycles. The summed E-state index contributed by atoms with van der Waals surface area (Å²) < 4.78 is 0. The van der Waals surface area contributed by atoms with Gasteiger partial charge in [0.05, 0.1) is 5.56 Å². The van der Waals surface area contributed by atoms with Gasteiger partial charge in [0.2, 0.25) is 0 Å². The number of nitrogens with zero attached hydrogens (tertiary/aromatic N) is 2. The van der Waals surface area contributed by atoms with Crippen LogP contribution < -0.4 is 0 Å². The summed E-state index contributed by atoms with van der Waals surface area (Å²) in [5, 5.41) is 0. The monoisotopic (exact) mass is 286 g/mol. The van der Waals surface area contributed by atoms with E-state index in [4.69, 9.17) is 0 Å². The third-order valence-electron chi connectivity index (χ3n) is 5.12. The molecule has 2 aliphatic rings. The van der Waals surface area contributed by atoms with Crippen molar-refractivity contribution in [2.75, 3.05) is 0 Å². The minimum absolute atomic E-state index is 0.199. The zero-order chi connectivity index (χ0) is 14.8. The molecule has 1 aromatic rings. The third-order valence-corrected chi connectivity index (χ3v) is 5.12. The molecule has 0 aliphatic heterocycles. The molecule has 2 aliphatic carbocycles. The maximum absolute atomic E-state index is 12.9. The lowest BCUT2D eigenvalue weighted by molar-refractivity contribution is 0.0586. The molecule has 1 amide bonds. The number of carbonyl (C=O) groups excluding carboxylic acids is 1. The molecule has 3 rings (SSSR count). The predicted molar refractivity (Wildman–Crippen MR) is 84.2 cm³/mol. The van der Waals surface area contributed by atoms with Crippen molar-refractivity contribution in [1.29, 1.82) is 0 Å². The number of aromatic nitrogens is 1. The summed E-state index contributed by atoms with van der Waals surface area (Å²) >= 11 is 0. The minimum Gasteiger partial charge on any atom is -0.333 e. The summed E-state index contributed by atoms with van der Waals surface area (Å²) in [4.78, 5) is 19.4. The summed E-state index contributed by atoms with van der Waals surface area (Å²) in [6.07, 6.45) is 10.3. The molecular formula is C18H26N2O. The number of carbonyl (C=O) groups is 1. The van der Waals surface area contributed by atoms with Gasteiger partial charge in [0.25, 0.3) is 5.91 Å². The Balaban J connectivity index is 1.72. The number of aryl methyl sites for hydroxylation is 1. The van der Waals surface area contributed by atoms with Crippen LogP contribution in [0.1, 0.15) is 67.9 Å². The second-order valence-corrected chi connectivity index (χ2v) is 6.71. The Morgan fingerprint density at radius 2 is 1.76 bits per heavy atom. The molecule has 3 heteroatoms. The Morgan fingerprint density at radius 3 is 2.24 bits per heavy atom. The van der Waals surface area contributed by atoms with Gasteiger partial charge < -0.3 is 4.90 Å². The molecule has 0 atom stereocenters. The van der Waals surface area contributed by atoms with E-state index in [0.717, 1.165) is 17.2 Å². The van der Waals surface area contributed by atoms with Crippen LogP contribution in [-0.4, -0.2) is 27.9 Å². The molecule has 1 heterocycles. The highest BCUT2D eigenvalue weighted by molar-refractivity contribution is 5.94. The third kappa shape index (κ3) is 3.28. The van der Waals surface area contributed by atoms with E-state index in [1.165, 1.54) is 44.9 Å². The topological polar surface area (TPSA) is 33.2 Å². The number of hydrogen-bond donors (Lipinski definition) is 0. The predicted octanol–water partition coefficient (Wildman–Crippen LogP) is 3.96. The summed E-state index contributed by atoms with van der Waals surface area (Å²) in [5.41, 5.74) is 1.72. The van der Waals surface area contributed by atoms with Gasteiger partial charge in [0.15, 0.2) is 0 Å². The van der Waals surface area contributed by atoms with Gasteiger partial charge in [-0.15, -0.1) is 0 Å². The number of rotatable bonds is 4. The number of hydrogen-bond acceptors (Lipinski definition) is 2. The van der Waals surface area contributed by atoms with Gasteiger partial charge in [-0.05, 0) is 63.5 Å². The van der Waals surface area contributed by atoms with Crippen molar-refractivity contribution in [3.8, 4) is 0 Å². The maximum atomic E-state index is 12.9. The van der Waals surface area contributed by atoms with Crippen molar-refractivity contribution in [2.45, 2.75) is 70.9 Å². The van der Waals surface area contributed by atoms with Crippen LogP contribution in [0.2, 0.25) is 0 Å². The van der Waals surface area contributed by atoms with E-state index in [9.17, 15) is 4.79 Å². The zero-order valence-electron chi connectivity index (χ0n) is 13.2. The molecule has 0 spiro atoms. The van der Waals surface area contributed by atoms with Crippen molar-refractivity contribution < 1.29 is 4.79 Å². The van der Waals surface area contributed by atoms with E-state index in [-0.39, 0.29) is 5.91 Å². The van der Waals surface area contributed by atoms with E-state index in [1.807, 2.05) is 19.1 Å². The highest BCUT2D eigenvalue weighted by Crippen LogP contribution is 2.36. The van der Waals surface area contributed by atoms with Crippen LogP contribution in [0.5, 0.6) is 0 Å². The molecule has 0 bridgehead atoms. The molecule has 0 radical (unpaired) electrons. The molecule has 3 nitrogen and oxygen atoms in total. The summed E-state index contributed by atoms with van der Waals surface area (Å²) in [6.45, 7) is 4.24. The Bertz CT molecular complexity index is 484. The van der Waals surface area contributed by atoms with Crippen LogP contribution in [0.3, 0.4) is 0 Å². The van der Waals surface area contributed by atoms with Crippen LogP contribution in [-0.2, 0) is 0 Å². The van der Waals surface area contributed by atoms with Gasteiger partial charge in [-0.2, -0.15) is 0 Å². The fourth-order valence-corrected chi connectivity index (χ4v) is 3.56. The second kappa shape index (κ2) is 6.17. The van der Waals surface area contributed by atoms with Gasteiger partial charge >= 0.3 is 0 Å². The Morgan fingerprint density at radius 1 is 1.14 bits per heavy atom. The molecule has 21 heavy (non-hydrogen) atoms. The van der Waals surface area contributed by atoms with Gasteiger partial charge in [0, 0.05) is 24.0 Å². The van der Waals surface area contributed by atoms with E-state index in [1.54, 1.807) is 6.20 Å². The van der Waals surface area contributed by atoms with Crippen LogP contribution in [0.4, 0.5) is 0 Å². The molecule has 2 fully saturated rings. The van der Waals surface area contributed by atoms with Crippen LogP contribution in [0, 0.1) is 12.8 Å². The first-order valence-corrected chi connectivity index (χ1v) is 8.44. The van der Waals surface area contributed by atoms with Gasteiger partial charge in [-0.25, -0.2) is 0 Å². The van der Waals surface area contributed by atoms with E-state index < -0.39 is 0 Å². The van der Waals surface area contributed by atoms with Crippen molar-refractivity contribution in [3.05, 3.63) is 29.6 Å². The van der Waals surface area contributed by atoms with Crippen molar-refractivity contribution >= 4 is 5.91 Å². The quantitative estimate of drug-likeness (QED) is 0.839. The lowest BCUT2D eigenvalue weighted by atomic mass is 9.83. The largest absolute Gasteiger partial charge is 0.333 e. The number of pyridine rings is 1. The van der Waals surface area contributed by atoms with E-state index >= 15 is 0 Å². The minimum atomic E-state index is 0.199. The van der Waals surface area contributed by atoms with E-state index in [0.29, 0.717) is 12.1 Å². The van der Waals surface area contributed by atoms with Crippen molar-refractivity contribution in [1.82, 2.24) is 9.88 Å². The molecule has 0 unspecified atom stereocenters. The van der Waals surface area contributed by atoms with Gasteiger partial charge in [-0.3, -0.25) is 9.78 Å². The molecular weight excluding hydrogens is 260 g/mol. The summed E-state index contributed by atoms with van der Waals surface area (Å²) in [5.74, 6) is 1.07. The fraction of sp³-hybridized carbons (Fsp3) is 0.667. The Hall–Kier alpha value is -1.38. The average molecular weight is 286 g/mol. The normalized spacial score (nSPS) is 25.6. The number of amides is 1. The van der Waals surface area contributed by atoms with E-state index in [2.05, 4.69) is 16.8 Å². The fourth-order valence-electron chi connectivity index (χ4n) is 3.56. The molecule has 2 saturated carbocycles. The maximum Gasteiger partial charge on any atom is 0.255 e. The van der Waals surface area contributed by atoms with Gasteiger partial charge in [-0.1, -0.05) is 13.3 Å². The standard InChI is InChI=1S/C18H26N2O/c1-3-14-5-8-16(9-6-14)20(17-10-11-17)18(21)15-7-4-13(2)19-12-15/h4,7,12,14,16-17H,3,5-6,8-11H2,1-2H3. The Kier molecular flexibility index (Phi) is 4.27. The molecule has 0 N–H and O–H groups in total. The van der Waals surface area contributed by atoms with Crippen LogP contribution in [0.25, 0.3) is 0 Å². The molecule has 114 valence electrons. The molecule has 0 saturated heterocycles. The zero-order valence-corrected chi connectivity index (χ0v) is 13.2. The summed E-state index contributed by atoms with van der Waals surface area (Å²) in [6, 6.07) is 4.81.